The first-order valence-electron chi connectivity index (χ1n) is 5.49. The van der Waals surface area contributed by atoms with Gasteiger partial charge in [-0.25, -0.2) is 9.37 Å². The molecule has 1 unspecified atom stereocenters. The number of fused-ring (bicyclic) bond motifs is 1. The van der Waals surface area contributed by atoms with Crippen LogP contribution in [0.5, 0.6) is 0 Å². The number of alkyl halides is 1. The van der Waals surface area contributed by atoms with Crippen molar-refractivity contribution in [1.29, 1.82) is 0 Å². The first kappa shape index (κ1) is 14.0. The zero-order chi connectivity index (χ0) is 13.3. The number of imidazole rings is 1. The van der Waals surface area contributed by atoms with Gasteiger partial charge in [0.25, 0.3) is 0 Å². The normalized spacial score (nSPS) is 13.2. The minimum atomic E-state index is -0.428. The van der Waals surface area contributed by atoms with Crippen LogP contribution in [-0.4, -0.2) is 21.6 Å². The van der Waals surface area contributed by atoms with Gasteiger partial charge in [-0.1, -0.05) is 11.6 Å². The van der Waals surface area contributed by atoms with Gasteiger partial charge in [0.15, 0.2) is 0 Å². The fraction of sp³-hybridized carbons (Fsp3) is 0.417. The van der Waals surface area contributed by atoms with Crippen molar-refractivity contribution in [2.75, 3.05) is 12.0 Å². The molecule has 0 aliphatic carbocycles. The smallest absolute Gasteiger partial charge is 0.144 e. The second kappa shape index (κ2) is 5.68. The molecule has 0 aliphatic rings. The number of hydrogen-bond donors (Lipinski definition) is 0. The number of rotatable bonds is 4. The van der Waals surface area contributed by atoms with Crippen LogP contribution in [0.1, 0.15) is 18.8 Å². The molecule has 2 aromatic rings. The Bertz CT molecular complexity index is 571. The second-order valence-corrected chi connectivity index (χ2v) is 5.68. The molecule has 1 heterocycles. The summed E-state index contributed by atoms with van der Waals surface area (Å²) in [5, 5.41) is 0.0887. The molecule has 1 aromatic carbocycles. The average molecular weight is 307 g/mol. The van der Waals surface area contributed by atoms with Gasteiger partial charge in [0.1, 0.15) is 11.6 Å². The van der Waals surface area contributed by atoms with Crippen LogP contribution in [0, 0.1) is 5.82 Å². The zero-order valence-corrected chi connectivity index (χ0v) is 12.4. The van der Waals surface area contributed by atoms with Crippen LogP contribution in [0.25, 0.3) is 11.0 Å². The largest absolute Gasteiger partial charge is 0.323 e. The fourth-order valence-electron chi connectivity index (χ4n) is 2.04. The number of benzene rings is 1. The lowest BCUT2D eigenvalue weighted by atomic mass is 10.3. The van der Waals surface area contributed by atoms with E-state index in [2.05, 4.69) is 11.9 Å². The third-order valence-corrected chi connectivity index (χ3v) is 4.12. The average Bonchev–Trinajstić information content (AvgIpc) is 2.68. The van der Waals surface area contributed by atoms with Crippen LogP contribution < -0.4 is 0 Å². The van der Waals surface area contributed by atoms with E-state index in [1.54, 1.807) is 17.8 Å². The van der Waals surface area contributed by atoms with Gasteiger partial charge in [0.2, 0.25) is 0 Å². The summed E-state index contributed by atoms with van der Waals surface area (Å²) in [6.45, 7) is 2.07. The molecule has 0 fully saturated rings. The van der Waals surface area contributed by atoms with Crippen molar-refractivity contribution in [3.05, 3.63) is 28.8 Å². The molecule has 2 nitrogen and oxygen atoms in total. The van der Waals surface area contributed by atoms with E-state index in [0.717, 1.165) is 17.1 Å². The van der Waals surface area contributed by atoms with Crippen molar-refractivity contribution >= 4 is 46.0 Å². The lowest BCUT2D eigenvalue weighted by Gasteiger charge is -2.15. The van der Waals surface area contributed by atoms with Crippen molar-refractivity contribution in [3.63, 3.8) is 0 Å². The Labute approximate surface area is 119 Å². The third kappa shape index (κ3) is 2.46. The van der Waals surface area contributed by atoms with Gasteiger partial charge in [-0.15, -0.1) is 11.6 Å². The van der Waals surface area contributed by atoms with Gasteiger partial charge >= 0.3 is 0 Å². The number of nitrogens with zero attached hydrogens (tertiary/aromatic N) is 2. The Morgan fingerprint density at radius 1 is 1.50 bits per heavy atom. The number of thioether (sulfide) groups is 1. The molecular weight excluding hydrogens is 294 g/mol. The van der Waals surface area contributed by atoms with Gasteiger partial charge in [-0.3, -0.25) is 0 Å². The monoisotopic (exact) mass is 306 g/mol. The van der Waals surface area contributed by atoms with Crippen molar-refractivity contribution < 1.29 is 4.39 Å². The summed E-state index contributed by atoms with van der Waals surface area (Å²) < 4.78 is 15.6. The van der Waals surface area contributed by atoms with Gasteiger partial charge in [-0.2, -0.15) is 11.8 Å². The van der Waals surface area contributed by atoms with Crippen LogP contribution >= 0.6 is 35.0 Å². The highest BCUT2D eigenvalue weighted by Gasteiger charge is 2.16. The van der Waals surface area contributed by atoms with Gasteiger partial charge in [0.05, 0.1) is 21.9 Å². The molecule has 0 N–H and O–H groups in total. The molecule has 1 aromatic heterocycles. The SMILES string of the molecule is CSCC(C)n1c(CCl)nc2cc(Cl)c(F)cc21. The van der Waals surface area contributed by atoms with Crippen molar-refractivity contribution in [2.45, 2.75) is 18.8 Å². The quantitative estimate of drug-likeness (QED) is 0.774. The van der Waals surface area contributed by atoms with Gasteiger partial charge in [0, 0.05) is 17.9 Å². The molecule has 0 amide bonds. The molecule has 0 bridgehead atoms. The maximum Gasteiger partial charge on any atom is 0.144 e. The van der Waals surface area contributed by atoms with E-state index in [4.69, 9.17) is 23.2 Å². The molecule has 0 saturated heterocycles. The summed E-state index contributed by atoms with van der Waals surface area (Å²) >= 11 is 13.4. The number of hydrogen-bond acceptors (Lipinski definition) is 2. The summed E-state index contributed by atoms with van der Waals surface area (Å²) in [5.41, 5.74) is 1.43. The maximum atomic E-state index is 13.6. The van der Waals surface area contributed by atoms with Crippen LogP contribution in [0.3, 0.4) is 0 Å². The summed E-state index contributed by atoms with van der Waals surface area (Å²) in [6, 6.07) is 3.18. The summed E-state index contributed by atoms with van der Waals surface area (Å²) in [7, 11) is 0. The van der Waals surface area contributed by atoms with Gasteiger partial charge in [-0.05, 0) is 19.2 Å². The third-order valence-electron chi connectivity index (χ3n) is 2.77. The van der Waals surface area contributed by atoms with Crippen LogP contribution in [-0.2, 0) is 5.88 Å². The second-order valence-electron chi connectivity index (χ2n) is 4.09. The predicted octanol–water partition coefficient (Wildman–Crippen LogP) is 4.49. The first-order chi connectivity index (χ1) is 8.58. The number of aromatic nitrogens is 2. The molecule has 0 radical (unpaired) electrons. The molecule has 6 heteroatoms. The van der Waals surface area contributed by atoms with E-state index >= 15 is 0 Å². The molecule has 18 heavy (non-hydrogen) atoms. The molecule has 1 atom stereocenters. The molecule has 0 aliphatic heterocycles. The van der Waals surface area contributed by atoms with Crippen molar-refractivity contribution in [3.8, 4) is 0 Å². The lowest BCUT2D eigenvalue weighted by Crippen LogP contribution is -2.10. The molecule has 2 rings (SSSR count). The van der Waals surface area contributed by atoms with Crippen LogP contribution in [0.4, 0.5) is 4.39 Å². The Balaban J connectivity index is 2.64. The highest BCUT2D eigenvalue weighted by Crippen LogP contribution is 2.28. The zero-order valence-electron chi connectivity index (χ0n) is 10.1. The van der Waals surface area contributed by atoms with E-state index < -0.39 is 5.82 Å². The summed E-state index contributed by atoms with van der Waals surface area (Å²) in [4.78, 5) is 4.41. The van der Waals surface area contributed by atoms with E-state index in [1.165, 1.54) is 6.07 Å². The lowest BCUT2D eigenvalue weighted by molar-refractivity contribution is 0.600. The fourth-order valence-corrected chi connectivity index (χ4v) is 3.02. The Morgan fingerprint density at radius 3 is 2.83 bits per heavy atom. The Morgan fingerprint density at radius 2 is 2.22 bits per heavy atom. The van der Waals surface area contributed by atoms with Crippen molar-refractivity contribution in [1.82, 2.24) is 9.55 Å². The Hall–Kier alpha value is -0.450. The molecule has 98 valence electrons. The molecule has 0 saturated carbocycles. The highest BCUT2D eigenvalue weighted by molar-refractivity contribution is 7.98. The Kier molecular flexibility index (Phi) is 4.41. The minimum Gasteiger partial charge on any atom is -0.323 e. The van der Waals surface area contributed by atoms with E-state index in [-0.39, 0.29) is 11.1 Å². The summed E-state index contributed by atoms with van der Waals surface area (Å²) in [5.74, 6) is 1.53. The standard InChI is InChI=1S/C12H13Cl2FN2S/c1-7(6-18-2)17-11-4-9(15)8(14)3-10(11)16-12(17)5-13/h3-4,7H,5-6H2,1-2H3. The topological polar surface area (TPSA) is 17.8 Å². The van der Waals surface area contributed by atoms with E-state index in [1.807, 2.05) is 10.8 Å². The van der Waals surface area contributed by atoms with Crippen LogP contribution in [0.2, 0.25) is 5.02 Å². The summed E-state index contributed by atoms with van der Waals surface area (Å²) in [6.07, 6.45) is 2.04. The minimum absolute atomic E-state index is 0.0887. The maximum absolute atomic E-state index is 13.6. The van der Waals surface area contributed by atoms with Gasteiger partial charge < -0.3 is 4.57 Å². The molecule has 0 spiro atoms. The predicted molar refractivity (Wildman–Crippen MR) is 77.4 cm³/mol. The van der Waals surface area contributed by atoms with E-state index in [0.29, 0.717) is 11.4 Å². The molecular formula is C12H13Cl2FN2S. The van der Waals surface area contributed by atoms with E-state index in [9.17, 15) is 4.39 Å². The van der Waals surface area contributed by atoms with Crippen LogP contribution in [0.15, 0.2) is 12.1 Å². The van der Waals surface area contributed by atoms with Crippen molar-refractivity contribution in [2.24, 2.45) is 0 Å². The first-order valence-corrected chi connectivity index (χ1v) is 7.79. The highest BCUT2D eigenvalue weighted by atomic mass is 35.5. The number of halogens is 3.